The second-order valence-electron chi connectivity index (χ2n) is 13.7. The molecule has 0 radical (unpaired) electrons. The molecule has 252 valence electrons. The molecule has 0 saturated heterocycles. The molecule has 0 heterocycles. The van der Waals surface area contributed by atoms with Gasteiger partial charge >= 0.3 is 5.97 Å². The Kier molecular flexibility index (Phi) is 34.5. The summed E-state index contributed by atoms with van der Waals surface area (Å²) in [6.07, 6.45) is 42.7. The van der Waals surface area contributed by atoms with Crippen LogP contribution < -0.4 is 0 Å². The molecule has 0 N–H and O–H groups in total. The van der Waals surface area contributed by atoms with Gasteiger partial charge in [0, 0.05) is 0 Å². The first-order chi connectivity index (χ1) is 20.7. The minimum Gasteiger partial charge on any atom is -0.465 e. The number of carbonyl (C=O) groups excluding carboxylic acids is 1. The van der Waals surface area contributed by atoms with Crippen molar-refractivity contribution in [3.63, 3.8) is 0 Å². The summed E-state index contributed by atoms with van der Waals surface area (Å²) in [5.41, 5.74) is 0. The van der Waals surface area contributed by atoms with E-state index in [9.17, 15) is 4.79 Å². The Balaban J connectivity index is 4.04. The van der Waals surface area contributed by atoms with Crippen LogP contribution >= 0.6 is 0 Å². The summed E-state index contributed by atoms with van der Waals surface area (Å²) < 4.78 is 5.92. The zero-order chi connectivity index (χ0) is 30.8. The van der Waals surface area contributed by atoms with E-state index in [-0.39, 0.29) is 11.9 Å². The van der Waals surface area contributed by atoms with Crippen LogP contribution in [0.2, 0.25) is 0 Å². The number of hydrogen-bond donors (Lipinski definition) is 0. The topological polar surface area (TPSA) is 26.3 Å². The second kappa shape index (κ2) is 35.0. The fourth-order valence-corrected chi connectivity index (χ4v) is 6.67. The molecule has 0 rings (SSSR count). The first kappa shape index (κ1) is 41.5. The molecule has 0 aromatic rings. The van der Waals surface area contributed by atoms with Gasteiger partial charge in [0.1, 0.15) is 0 Å². The van der Waals surface area contributed by atoms with Gasteiger partial charge in [-0.1, -0.05) is 214 Å². The lowest BCUT2D eigenvalue weighted by Crippen LogP contribution is -2.26. The van der Waals surface area contributed by atoms with Crippen LogP contribution in [0.3, 0.4) is 0 Å². The number of carbonyl (C=O) groups is 1. The van der Waals surface area contributed by atoms with Gasteiger partial charge in [0.25, 0.3) is 0 Å². The number of unbranched alkanes of at least 4 members (excludes halogenated alkanes) is 26. The van der Waals surface area contributed by atoms with E-state index in [4.69, 9.17) is 4.74 Å². The van der Waals surface area contributed by atoms with Crippen LogP contribution in [0, 0.1) is 11.8 Å². The Morgan fingerprint density at radius 1 is 0.405 bits per heavy atom. The molecule has 0 aliphatic carbocycles. The molecule has 2 atom stereocenters. The average Bonchev–Trinajstić information content (AvgIpc) is 3.00. The Morgan fingerprint density at radius 2 is 0.714 bits per heavy atom. The van der Waals surface area contributed by atoms with Gasteiger partial charge in [-0.05, 0) is 25.2 Å². The van der Waals surface area contributed by atoms with Crippen molar-refractivity contribution in [2.45, 2.75) is 233 Å². The third kappa shape index (κ3) is 28.3. The maximum atomic E-state index is 13.2. The predicted molar refractivity (Wildman–Crippen MR) is 188 cm³/mol. The summed E-state index contributed by atoms with van der Waals surface area (Å²) in [6, 6.07) is 0. The Labute approximate surface area is 266 Å². The highest BCUT2D eigenvalue weighted by molar-refractivity contribution is 5.72. The summed E-state index contributed by atoms with van der Waals surface area (Å²) in [5, 5.41) is 0. The van der Waals surface area contributed by atoms with E-state index in [1.54, 1.807) is 0 Å². The molecule has 0 saturated carbocycles. The molecule has 0 aliphatic heterocycles. The first-order valence-electron chi connectivity index (χ1n) is 19.9. The minimum atomic E-state index is 0.121. The maximum Gasteiger partial charge on any atom is 0.309 e. The van der Waals surface area contributed by atoms with Gasteiger partial charge in [0.15, 0.2) is 0 Å². The predicted octanol–water partition coefficient (Wildman–Crippen LogP) is 14.3. The zero-order valence-corrected chi connectivity index (χ0v) is 29.8. The number of hydrogen-bond acceptors (Lipinski definition) is 2. The van der Waals surface area contributed by atoms with Gasteiger partial charge in [-0.15, -0.1) is 0 Å². The number of esters is 1. The largest absolute Gasteiger partial charge is 0.465 e. The maximum absolute atomic E-state index is 13.2. The van der Waals surface area contributed by atoms with Crippen molar-refractivity contribution < 1.29 is 9.53 Å². The molecule has 0 fully saturated rings. The van der Waals surface area contributed by atoms with Gasteiger partial charge < -0.3 is 4.74 Å². The Bertz CT molecular complexity index is 516. The summed E-state index contributed by atoms with van der Waals surface area (Å²) in [6.45, 7) is 9.78. The Hall–Kier alpha value is -0.530. The number of rotatable bonds is 35. The molecule has 0 aliphatic rings. The molecule has 0 aromatic heterocycles. The molecule has 2 nitrogen and oxygen atoms in total. The summed E-state index contributed by atoms with van der Waals surface area (Å²) in [4.78, 5) is 13.2. The lowest BCUT2D eigenvalue weighted by molar-refractivity contribution is -0.151. The van der Waals surface area contributed by atoms with Gasteiger partial charge in [-0.25, -0.2) is 0 Å². The highest BCUT2D eigenvalue weighted by atomic mass is 16.5. The molecule has 2 heteroatoms. The number of ether oxygens (including phenoxy) is 1. The highest BCUT2D eigenvalue weighted by Crippen LogP contribution is 2.29. The minimum absolute atomic E-state index is 0.121. The Morgan fingerprint density at radius 3 is 1.10 bits per heavy atom. The third-order valence-electron chi connectivity index (χ3n) is 9.69. The summed E-state index contributed by atoms with van der Waals surface area (Å²) in [5.74, 6) is 0.755. The molecule has 2 unspecified atom stereocenters. The van der Waals surface area contributed by atoms with Crippen LogP contribution in [-0.4, -0.2) is 12.6 Å². The van der Waals surface area contributed by atoms with Crippen LogP contribution in [-0.2, 0) is 9.53 Å². The van der Waals surface area contributed by atoms with Gasteiger partial charge in [-0.3, -0.25) is 4.79 Å². The van der Waals surface area contributed by atoms with Crippen molar-refractivity contribution in [1.29, 1.82) is 0 Å². The average molecular weight is 593 g/mol. The van der Waals surface area contributed by atoms with Crippen molar-refractivity contribution >= 4 is 5.97 Å². The molecular formula is C40H80O2. The monoisotopic (exact) mass is 593 g/mol. The van der Waals surface area contributed by atoms with Crippen molar-refractivity contribution in [2.24, 2.45) is 11.8 Å². The van der Waals surface area contributed by atoms with Crippen molar-refractivity contribution in [3.05, 3.63) is 0 Å². The van der Waals surface area contributed by atoms with Crippen molar-refractivity contribution in [1.82, 2.24) is 0 Å². The van der Waals surface area contributed by atoms with Crippen LogP contribution in [0.25, 0.3) is 0 Å². The molecule has 0 aromatic carbocycles. The van der Waals surface area contributed by atoms with Crippen molar-refractivity contribution in [2.75, 3.05) is 6.61 Å². The van der Waals surface area contributed by atoms with E-state index in [1.165, 1.54) is 186 Å². The lowest BCUT2D eigenvalue weighted by Gasteiger charge is -2.25. The van der Waals surface area contributed by atoms with Crippen LogP contribution in [0.1, 0.15) is 233 Å². The molecule has 42 heavy (non-hydrogen) atoms. The van der Waals surface area contributed by atoms with Crippen LogP contribution in [0.15, 0.2) is 0 Å². The zero-order valence-electron chi connectivity index (χ0n) is 29.8. The second-order valence-corrected chi connectivity index (χ2v) is 13.7. The lowest BCUT2D eigenvalue weighted by atomic mass is 9.82. The normalized spacial score (nSPS) is 13.0. The van der Waals surface area contributed by atoms with Gasteiger partial charge in [0.05, 0.1) is 12.5 Å². The van der Waals surface area contributed by atoms with E-state index in [1.807, 2.05) is 0 Å². The van der Waals surface area contributed by atoms with E-state index in [0.717, 1.165) is 19.3 Å². The molecule has 0 spiro atoms. The summed E-state index contributed by atoms with van der Waals surface area (Å²) >= 11 is 0. The van der Waals surface area contributed by atoms with Crippen LogP contribution in [0.4, 0.5) is 0 Å². The van der Waals surface area contributed by atoms with Gasteiger partial charge in [0.2, 0.25) is 0 Å². The van der Waals surface area contributed by atoms with E-state index < -0.39 is 0 Å². The molecule has 0 bridgehead atoms. The smallest absolute Gasteiger partial charge is 0.309 e. The van der Waals surface area contributed by atoms with Crippen molar-refractivity contribution in [3.8, 4) is 0 Å². The fourth-order valence-electron chi connectivity index (χ4n) is 6.67. The third-order valence-corrected chi connectivity index (χ3v) is 9.69. The fraction of sp³-hybridized carbons (Fsp3) is 0.975. The summed E-state index contributed by atoms with van der Waals surface area (Å²) in [7, 11) is 0. The highest BCUT2D eigenvalue weighted by Gasteiger charge is 2.27. The quantitative estimate of drug-likeness (QED) is 0.0540. The SMILES string of the molecule is CCCCCCCCCCCCCCCCOC(=O)C(CCCCCCCCCCCCCC)C(CC)CCCCC. The first-order valence-corrected chi connectivity index (χ1v) is 19.9. The van der Waals surface area contributed by atoms with E-state index in [2.05, 4.69) is 27.7 Å². The van der Waals surface area contributed by atoms with Crippen LogP contribution in [0.5, 0.6) is 0 Å². The van der Waals surface area contributed by atoms with E-state index in [0.29, 0.717) is 12.5 Å². The standard InChI is InChI=1S/C40H80O2/c1-5-9-12-14-16-18-20-22-23-25-27-29-31-34-37-42-40(41)39(38(8-4)35-32-11-7-3)36-33-30-28-26-24-21-19-17-15-13-10-6-2/h38-39H,5-37H2,1-4H3. The van der Waals surface area contributed by atoms with E-state index >= 15 is 0 Å². The molecular weight excluding hydrogens is 512 g/mol. The molecule has 0 amide bonds. The van der Waals surface area contributed by atoms with Gasteiger partial charge in [-0.2, -0.15) is 0 Å².